The van der Waals surface area contributed by atoms with Crippen molar-refractivity contribution in [2.24, 2.45) is 0 Å². The first kappa shape index (κ1) is 16.0. The van der Waals surface area contributed by atoms with Crippen molar-refractivity contribution in [2.45, 2.75) is 10.2 Å². The van der Waals surface area contributed by atoms with Crippen LogP contribution in [-0.2, 0) is 14.6 Å². The van der Waals surface area contributed by atoms with Crippen molar-refractivity contribution in [1.29, 1.82) is 0 Å². The smallest absolute Gasteiger partial charge is 0.264 e. The fourth-order valence-corrected chi connectivity index (χ4v) is 3.16. The number of amides is 1. The molecule has 0 atom stereocenters. The number of carbonyl (C=O) groups excluding carboxylic acids is 1. The van der Waals surface area contributed by atoms with Gasteiger partial charge in [-0.25, -0.2) is 8.42 Å². The predicted octanol–water partition coefficient (Wildman–Crippen LogP) is 2.72. The molecule has 0 saturated heterocycles. The predicted molar refractivity (Wildman–Crippen MR) is 73.3 cm³/mol. The lowest BCUT2D eigenvalue weighted by molar-refractivity contribution is -0.140. The van der Waals surface area contributed by atoms with Gasteiger partial charge in [0.15, 0.2) is 0 Å². The van der Waals surface area contributed by atoms with E-state index in [0.717, 1.165) is 6.07 Å². The van der Waals surface area contributed by atoms with Gasteiger partial charge in [-0.05, 0) is 11.6 Å². The lowest BCUT2D eigenvalue weighted by Crippen LogP contribution is -2.43. The minimum atomic E-state index is -5.41. The zero-order chi connectivity index (χ0) is 16.4. The summed E-state index contributed by atoms with van der Waals surface area (Å²) in [6.45, 7) is 0. The summed E-state index contributed by atoms with van der Waals surface area (Å²) in [6, 6.07) is 12.9. The molecule has 0 aliphatic rings. The van der Waals surface area contributed by atoms with Gasteiger partial charge in [-0.15, -0.1) is 4.48 Å². The summed E-state index contributed by atoms with van der Waals surface area (Å²) in [5.74, 6) is -2.53. The molecule has 22 heavy (non-hydrogen) atoms. The minimum Gasteiger partial charge on any atom is -0.264 e. The van der Waals surface area contributed by atoms with Gasteiger partial charge in [0.2, 0.25) is 0 Å². The van der Waals surface area contributed by atoms with E-state index in [1.807, 2.05) is 0 Å². The van der Waals surface area contributed by atoms with Gasteiger partial charge in [-0.2, -0.15) is 14.3 Å². The van der Waals surface area contributed by atoms with E-state index in [1.165, 1.54) is 30.3 Å². The highest BCUT2D eigenvalue weighted by molar-refractivity contribution is 7.93. The molecule has 2 aromatic carbocycles. The van der Waals surface area contributed by atoms with Gasteiger partial charge < -0.3 is 0 Å². The Labute approximate surface area is 124 Å². The summed E-state index contributed by atoms with van der Waals surface area (Å²) in [4.78, 5) is 10.1. The molecular weight excluding hydrogens is 319 g/mol. The number of nitrogens with one attached hydrogen (secondary N) is 1. The van der Waals surface area contributed by atoms with E-state index in [4.69, 9.17) is 0 Å². The van der Waals surface area contributed by atoms with Gasteiger partial charge in [0.05, 0.1) is 4.90 Å². The number of hydrogen-bond donors (Lipinski definition) is 1. The van der Waals surface area contributed by atoms with Crippen LogP contribution in [0.2, 0.25) is 0 Å². The van der Waals surface area contributed by atoms with Gasteiger partial charge >= 0.3 is 11.2 Å². The first-order valence-electron chi connectivity index (χ1n) is 6.00. The quantitative estimate of drug-likeness (QED) is 0.877. The van der Waals surface area contributed by atoms with Crippen LogP contribution in [0.25, 0.3) is 11.1 Å². The van der Waals surface area contributed by atoms with Crippen LogP contribution in [0.5, 0.6) is 0 Å². The van der Waals surface area contributed by atoms with E-state index in [2.05, 4.69) is 0 Å². The lowest BCUT2D eigenvalue weighted by atomic mass is 10.1. The van der Waals surface area contributed by atoms with Crippen LogP contribution in [0.1, 0.15) is 0 Å². The maximum absolute atomic E-state index is 13.7. The highest BCUT2D eigenvalue weighted by Crippen LogP contribution is 2.35. The molecule has 8 heteroatoms. The average molecular weight is 329 g/mol. The highest BCUT2D eigenvalue weighted by atomic mass is 32.2. The van der Waals surface area contributed by atoms with Crippen molar-refractivity contribution in [3.63, 3.8) is 0 Å². The van der Waals surface area contributed by atoms with E-state index in [-0.39, 0.29) is 11.1 Å². The second-order valence-electron chi connectivity index (χ2n) is 4.31. The SMILES string of the molecule is O=C(NF)C(F)(F)S(=O)(=O)c1ccccc1-c1ccccc1. The topological polar surface area (TPSA) is 63.2 Å². The van der Waals surface area contributed by atoms with Gasteiger partial charge in [-0.1, -0.05) is 48.5 Å². The Morgan fingerprint density at radius 1 is 0.955 bits per heavy atom. The van der Waals surface area contributed by atoms with Crippen molar-refractivity contribution in [3.8, 4) is 11.1 Å². The van der Waals surface area contributed by atoms with Gasteiger partial charge in [-0.3, -0.25) is 4.79 Å². The summed E-state index contributed by atoms with van der Waals surface area (Å²) in [7, 11) is -5.41. The van der Waals surface area contributed by atoms with Crippen LogP contribution in [0.4, 0.5) is 13.3 Å². The third-order valence-electron chi connectivity index (χ3n) is 2.95. The van der Waals surface area contributed by atoms with E-state index >= 15 is 0 Å². The Hall–Kier alpha value is -2.35. The molecular formula is C14H10F3NO3S. The van der Waals surface area contributed by atoms with E-state index < -0.39 is 25.9 Å². The van der Waals surface area contributed by atoms with E-state index in [1.54, 1.807) is 18.2 Å². The maximum Gasteiger partial charge on any atom is 0.428 e. The van der Waals surface area contributed by atoms with Crippen LogP contribution < -0.4 is 5.54 Å². The highest BCUT2D eigenvalue weighted by Gasteiger charge is 2.54. The largest absolute Gasteiger partial charge is 0.428 e. The number of hydrogen-bond acceptors (Lipinski definition) is 3. The fraction of sp³-hybridized carbons (Fsp3) is 0.0714. The summed E-state index contributed by atoms with van der Waals surface area (Å²) in [6.07, 6.45) is 0. The minimum absolute atomic E-state index is 0.00515. The molecule has 1 N–H and O–H groups in total. The summed E-state index contributed by atoms with van der Waals surface area (Å²) in [5, 5.41) is -4.92. The number of sulfone groups is 1. The molecule has 1 amide bonds. The van der Waals surface area contributed by atoms with E-state index in [9.17, 15) is 26.5 Å². The molecule has 0 saturated carbocycles. The Bertz CT molecular complexity index is 792. The van der Waals surface area contributed by atoms with Crippen LogP contribution >= 0.6 is 0 Å². The van der Waals surface area contributed by atoms with Crippen LogP contribution in [-0.4, -0.2) is 19.6 Å². The Morgan fingerprint density at radius 3 is 2.09 bits per heavy atom. The molecule has 0 heterocycles. The van der Waals surface area contributed by atoms with Gasteiger partial charge in [0.1, 0.15) is 0 Å². The molecule has 2 rings (SSSR count). The van der Waals surface area contributed by atoms with Crippen molar-refractivity contribution >= 4 is 15.7 Å². The zero-order valence-corrected chi connectivity index (χ0v) is 11.8. The van der Waals surface area contributed by atoms with Crippen molar-refractivity contribution in [3.05, 3.63) is 54.6 Å². The number of carbonyl (C=O) groups is 1. The maximum atomic E-state index is 13.7. The second kappa shape index (κ2) is 5.80. The number of alkyl halides is 2. The molecule has 0 aliphatic heterocycles. The van der Waals surface area contributed by atoms with Gasteiger partial charge in [0, 0.05) is 5.56 Å². The van der Waals surface area contributed by atoms with E-state index in [0.29, 0.717) is 5.56 Å². The van der Waals surface area contributed by atoms with Gasteiger partial charge in [0.25, 0.3) is 9.84 Å². The molecule has 0 bridgehead atoms. The Morgan fingerprint density at radius 2 is 1.50 bits per heavy atom. The molecule has 0 fully saturated rings. The Balaban J connectivity index is 2.66. The second-order valence-corrected chi connectivity index (χ2v) is 6.27. The van der Waals surface area contributed by atoms with Crippen molar-refractivity contribution < 1.29 is 26.5 Å². The molecule has 0 aliphatic carbocycles. The van der Waals surface area contributed by atoms with Crippen LogP contribution in [0.3, 0.4) is 0 Å². The summed E-state index contributed by atoms with van der Waals surface area (Å²) >= 11 is 0. The molecule has 0 aromatic heterocycles. The lowest BCUT2D eigenvalue weighted by Gasteiger charge is -2.16. The summed E-state index contributed by atoms with van der Waals surface area (Å²) < 4.78 is 63.6. The molecule has 0 radical (unpaired) electrons. The molecule has 116 valence electrons. The molecule has 0 unspecified atom stereocenters. The standard InChI is InChI=1S/C14H10F3NO3S/c15-14(16,13(19)18-17)22(20,21)12-9-5-4-8-11(12)10-6-2-1-3-7-10/h1-9H,(H,18,19). The summed E-state index contributed by atoms with van der Waals surface area (Å²) in [5.41, 5.74) is 0.540. The first-order valence-corrected chi connectivity index (χ1v) is 7.48. The van der Waals surface area contributed by atoms with Crippen molar-refractivity contribution in [2.75, 3.05) is 0 Å². The Kier molecular flexibility index (Phi) is 4.23. The first-order chi connectivity index (χ1) is 10.3. The molecule has 2 aromatic rings. The normalized spacial score (nSPS) is 12.0. The zero-order valence-electron chi connectivity index (χ0n) is 11.0. The monoisotopic (exact) mass is 329 g/mol. The number of halogens is 3. The molecule has 4 nitrogen and oxygen atoms in total. The van der Waals surface area contributed by atoms with Crippen molar-refractivity contribution in [1.82, 2.24) is 5.54 Å². The number of rotatable bonds is 4. The van der Waals surface area contributed by atoms with Crippen LogP contribution in [0.15, 0.2) is 59.5 Å². The van der Waals surface area contributed by atoms with Crippen LogP contribution in [0, 0.1) is 0 Å². The fourth-order valence-electron chi connectivity index (χ4n) is 1.87. The third kappa shape index (κ3) is 2.57. The molecule has 0 spiro atoms. The third-order valence-corrected chi connectivity index (χ3v) is 4.74. The average Bonchev–Trinajstić information content (AvgIpc) is 2.54. The number of benzene rings is 2.